The van der Waals surface area contributed by atoms with Crippen molar-refractivity contribution in [1.29, 1.82) is 0 Å². The van der Waals surface area contributed by atoms with E-state index in [1.54, 1.807) is 0 Å². The van der Waals surface area contributed by atoms with Gasteiger partial charge in [0.1, 0.15) is 0 Å². The van der Waals surface area contributed by atoms with Gasteiger partial charge in [0.05, 0.1) is 13.2 Å². The molecular weight excluding hydrogens is 216 g/mol. The first-order valence-electron chi connectivity index (χ1n) is 5.56. The van der Waals surface area contributed by atoms with Crippen LogP contribution in [0.25, 0.3) is 11.4 Å². The largest absolute Gasteiger partial charge is 0.372 e. The van der Waals surface area contributed by atoms with E-state index in [0.29, 0.717) is 6.61 Å². The van der Waals surface area contributed by atoms with E-state index < -0.39 is 0 Å². The Bertz CT molecular complexity index is 562. The Morgan fingerprint density at radius 1 is 1.24 bits per heavy atom. The number of anilines is 1. The van der Waals surface area contributed by atoms with Gasteiger partial charge in [-0.05, 0) is 17.2 Å². The first-order chi connectivity index (χ1) is 8.29. The minimum atomic E-state index is 0.694. The number of nitrogens with one attached hydrogen (secondary N) is 1. The van der Waals surface area contributed by atoms with Crippen molar-refractivity contribution < 1.29 is 4.74 Å². The third-order valence-electron chi connectivity index (χ3n) is 3.08. The summed E-state index contributed by atoms with van der Waals surface area (Å²) in [6.07, 6.45) is 0. The number of hydrogen-bond acceptors (Lipinski definition) is 4. The maximum absolute atomic E-state index is 5.41. The van der Waals surface area contributed by atoms with E-state index >= 15 is 0 Å². The molecule has 17 heavy (non-hydrogen) atoms. The highest BCUT2D eigenvalue weighted by Gasteiger charge is 2.15. The average Bonchev–Trinajstić information content (AvgIpc) is 2.94. The van der Waals surface area contributed by atoms with Gasteiger partial charge in [-0.3, -0.25) is 4.57 Å². The van der Waals surface area contributed by atoms with Gasteiger partial charge in [0.2, 0.25) is 5.95 Å². The molecule has 0 unspecified atom stereocenters. The average molecular weight is 230 g/mol. The number of rotatable bonds is 2. The minimum Gasteiger partial charge on any atom is -0.372 e. The molecule has 1 aromatic carbocycles. The zero-order chi connectivity index (χ0) is 11.8. The smallest absolute Gasteiger partial charge is 0.224 e. The van der Waals surface area contributed by atoms with Crippen LogP contribution in [-0.2, 0) is 25.0 Å². The standard InChI is InChI=1S/C12H14N4O/c1-13-12-15-14-11(16(12)2)8-3-4-9-6-17-7-10(9)5-8/h3-5H,6-7H2,1-2H3,(H,13,15). The normalized spacial score (nSPS) is 13.8. The van der Waals surface area contributed by atoms with Crippen molar-refractivity contribution in [3.05, 3.63) is 29.3 Å². The van der Waals surface area contributed by atoms with Crippen LogP contribution in [0.5, 0.6) is 0 Å². The van der Waals surface area contributed by atoms with Crippen molar-refractivity contribution >= 4 is 5.95 Å². The zero-order valence-electron chi connectivity index (χ0n) is 9.90. The van der Waals surface area contributed by atoms with Crippen molar-refractivity contribution in [2.45, 2.75) is 13.2 Å². The summed E-state index contributed by atoms with van der Waals surface area (Å²) in [5.41, 5.74) is 3.59. The molecule has 3 rings (SSSR count). The fourth-order valence-corrected chi connectivity index (χ4v) is 2.11. The molecular formula is C12H14N4O. The molecule has 0 amide bonds. The van der Waals surface area contributed by atoms with E-state index in [4.69, 9.17) is 4.74 Å². The number of benzene rings is 1. The van der Waals surface area contributed by atoms with Gasteiger partial charge < -0.3 is 10.1 Å². The van der Waals surface area contributed by atoms with E-state index in [-0.39, 0.29) is 0 Å². The van der Waals surface area contributed by atoms with Crippen LogP contribution in [0, 0.1) is 0 Å². The van der Waals surface area contributed by atoms with Crippen LogP contribution >= 0.6 is 0 Å². The van der Waals surface area contributed by atoms with Gasteiger partial charge in [-0.15, -0.1) is 10.2 Å². The molecule has 0 bridgehead atoms. The third-order valence-corrected chi connectivity index (χ3v) is 3.08. The van der Waals surface area contributed by atoms with Crippen LogP contribution in [0.4, 0.5) is 5.95 Å². The fourth-order valence-electron chi connectivity index (χ4n) is 2.11. The van der Waals surface area contributed by atoms with E-state index in [1.807, 2.05) is 18.7 Å². The Morgan fingerprint density at radius 3 is 2.82 bits per heavy atom. The van der Waals surface area contributed by atoms with Crippen molar-refractivity contribution in [3.63, 3.8) is 0 Å². The summed E-state index contributed by atoms with van der Waals surface area (Å²) < 4.78 is 7.35. The van der Waals surface area contributed by atoms with Crippen LogP contribution in [0.3, 0.4) is 0 Å². The van der Waals surface area contributed by atoms with E-state index in [0.717, 1.165) is 23.9 Å². The molecule has 5 nitrogen and oxygen atoms in total. The first-order valence-corrected chi connectivity index (χ1v) is 5.56. The molecule has 0 saturated heterocycles. The van der Waals surface area contributed by atoms with Gasteiger partial charge in [-0.2, -0.15) is 0 Å². The molecule has 0 saturated carbocycles. The second kappa shape index (κ2) is 3.85. The number of ether oxygens (including phenoxy) is 1. The molecule has 2 heterocycles. The lowest BCUT2D eigenvalue weighted by Crippen LogP contribution is -2.00. The third kappa shape index (κ3) is 1.59. The topological polar surface area (TPSA) is 52.0 Å². The minimum absolute atomic E-state index is 0.694. The summed E-state index contributed by atoms with van der Waals surface area (Å²) in [7, 11) is 3.79. The summed E-state index contributed by atoms with van der Waals surface area (Å²) in [5.74, 6) is 1.63. The van der Waals surface area contributed by atoms with Gasteiger partial charge >= 0.3 is 0 Å². The quantitative estimate of drug-likeness (QED) is 0.850. The van der Waals surface area contributed by atoms with Gasteiger partial charge in [0.15, 0.2) is 5.82 Å². The van der Waals surface area contributed by atoms with Crippen LogP contribution in [-0.4, -0.2) is 21.8 Å². The van der Waals surface area contributed by atoms with Crippen LogP contribution < -0.4 is 5.32 Å². The molecule has 0 aliphatic carbocycles. The second-order valence-corrected chi connectivity index (χ2v) is 4.13. The van der Waals surface area contributed by atoms with Crippen molar-refractivity contribution in [2.24, 2.45) is 7.05 Å². The molecule has 1 aliphatic rings. The number of nitrogens with zero attached hydrogens (tertiary/aromatic N) is 3. The van der Waals surface area contributed by atoms with Crippen LogP contribution in [0.2, 0.25) is 0 Å². The molecule has 1 aliphatic heterocycles. The van der Waals surface area contributed by atoms with E-state index in [2.05, 4.69) is 33.7 Å². The maximum atomic E-state index is 5.41. The van der Waals surface area contributed by atoms with Crippen LogP contribution in [0.1, 0.15) is 11.1 Å². The molecule has 0 spiro atoms. The van der Waals surface area contributed by atoms with E-state index in [9.17, 15) is 0 Å². The molecule has 1 aromatic heterocycles. The SMILES string of the molecule is CNc1nnc(-c2ccc3c(c2)COC3)n1C. The molecule has 2 aromatic rings. The predicted molar refractivity (Wildman–Crippen MR) is 64.5 cm³/mol. The zero-order valence-corrected chi connectivity index (χ0v) is 9.90. The Labute approximate surface area is 99.4 Å². The van der Waals surface area contributed by atoms with Gasteiger partial charge in [-0.1, -0.05) is 12.1 Å². The summed E-state index contributed by atoms with van der Waals surface area (Å²) >= 11 is 0. The first kappa shape index (κ1) is 10.3. The predicted octanol–water partition coefficient (Wildman–Crippen LogP) is 1.55. The number of fused-ring (bicyclic) bond motifs is 1. The fraction of sp³-hybridized carbons (Fsp3) is 0.333. The van der Waals surface area contributed by atoms with Gasteiger partial charge in [0.25, 0.3) is 0 Å². The lowest BCUT2D eigenvalue weighted by molar-refractivity contribution is 0.134. The summed E-state index contributed by atoms with van der Waals surface area (Å²) in [6, 6.07) is 6.30. The monoisotopic (exact) mass is 230 g/mol. The highest BCUT2D eigenvalue weighted by molar-refractivity contribution is 5.59. The van der Waals surface area contributed by atoms with E-state index in [1.165, 1.54) is 11.1 Å². The van der Waals surface area contributed by atoms with Crippen molar-refractivity contribution in [1.82, 2.24) is 14.8 Å². The van der Waals surface area contributed by atoms with Gasteiger partial charge in [0, 0.05) is 19.7 Å². The molecule has 5 heteroatoms. The lowest BCUT2D eigenvalue weighted by atomic mass is 10.1. The summed E-state index contributed by atoms with van der Waals surface area (Å²) in [4.78, 5) is 0. The Kier molecular flexibility index (Phi) is 2.33. The molecule has 88 valence electrons. The van der Waals surface area contributed by atoms with Crippen molar-refractivity contribution in [2.75, 3.05) is 12.4 Å². The van der Waals surface area contributed by atoms with Gasteiger partial charge in [-0.25, -0.2) is 0 Å². The lowest BCUT2D eigenvalue weighted by Gasteiger charge is -2.04. The number of hydrogen-bond donors (Lipinski definition) is 1. The highest BCUT2D eigenvalue weighted by atomic mass is 16.5. The van der Waals surface area contributed by atoms with Crippen molar-refractivity contribution in [3.8, 4) is 11.4 Å². The Balaban J connectivity index is 2.06. The molecule has 0 radical (unpaired) electrons. The Morgan fingerprint density at radius 2 is 2.06 bits per heavy atom. The molecule has 1 N–H and O–H groups in total. The number of aromatic nitrogens is 3. The summed E-state index contributed by atoms with van der Waals surface area (Å²) in [5, 5.41) is 11.3. The van der Waals surface area contributed by atoms with Crippen LogP contribution in [0.15, 0.2) is 18.2 Å². The Hall–Kier alpha value is -1.88. The molecule has 0 fully saturated rings. The second-order valence-electron chi connectivity index (χ2n) is 4.13. The highest BCUT2D eigenvalue weighted by Crippen LogP contribution is 2.26. The summed E-state index contributed by atoms with van der Waals surface area (Å²) in [6.45, 7) is 1.41. The molecule has 0 atom stereocenters. The maximum Gasteiger partial charge on any atom is 0.224 e.